The second-order valence-corrected chi connectivity index (χ2v) is 9.31. The van der Waals surface area contributed by atoms with Gasteiger partial charge in [-0.15, -0.1) is 0 Å². The van der Waals surface area contributed by atoms with Gasteiger partial charge in [-0.3, -0.25) is 9.69 Å². The summed E-state index contributed by atoms with van der Waals surface area (Å²) in [5.74, 6) is 1.56. The molecule has 1 fully saturated rings. The van der Waals surface area contributed by atoms with Crippen LogP contribution in [-0.2, 0) is 6.54 Å². The van der Waals surface area contributed by atoms with E-state index in [2.05, 4.69) is 37.9 Å². The van der Waals surface area contributed by atoms with Crippen molar-refractivity contribution in [2.24, 2.45) is 0 Å². The second kappa shape index (κ2) is 9.52. The van der Waals surface area contributed by atoms with Crippen molar-refractivity contribution in [2.45, 2.75) is 6.54 Å². The Kier molecular flexibility index (Phi) is 6.30. The molecule has 0 radical (unpaired) electrons. The monoisotopic (exact) mass is 520 g/mol. The van der Waals surface area contributed by atoms with Crippen molar-refractivity contribution < 1.29 is 19.4 Å². The number of halogens is 1. The minimum absolute atomic E-state index is 0.146. The third kappa shape index (κ3) is 4.54. The van der Waals surface area contributed by atoms with E-state index in [0.717, 1.165) is 42.0 Å². The van der Waals surface area contributed by atoms with Gasteiger partial charge >= 0.3 is 0 Å². The number of hydrogen-bond donors (Lipinski definition) is 1. The Balaban J connectivity index is 1.30. The highest BCUT2D eigenvalue weighted by molar-refractivity contribution is 9.10. The maximum Gasteiger partial charge on any atom is 0.231 e. The molecule has 5 rings (SSSR count). The Labute approximate surface area is 207 Å². The van der Waals surface area contributed by atoms with Crippen molar-refractivity contribution in [3.8, 4) is 17.2 Å². The summed E-state index contributed by atoms with van der Waals surface area (Å²) in [5.41, 5.74) is 3.18. The van der Waals surface area contributed by atoms with Crippen LogP contribution in [0, 0.1) is 0 Å². The number of aromatic hydroxyl groups is 1. The number of fused-ring (bicyclic) bond motifs is 1. The van der Waals surface area contributed by atoms with E-state index >= 15 is 0 Å². The molecule has 0 amide bonds. The number of Topliss-reactive ketones (excluding diaryl/α,β-unsaturated/α-hetero) is 1. The summed E-state index contributed by atoms with van der Waals surface area (Å²) in [5, 5.41) is 10.6. The first kappa shape index (κ1) is 22.5. The normalized spacial score (nSPS) is 17.1. The Morgan fingerprint density at radius 1 is 1.06 bits per heavy atom. The molecule has 3 aromatic carbocycles. The van der Waals surface area contributed by atoms with Gasteiger partial charge in [-0.2, -0.15) is 0 Å². The molecule has 0 aromatic heterocycles. The Morgan fingerprint density at radius 3 is 2.53 bits per heavy atom. The van der Waals surface area contributed by atoms with Crippen LogP contribution in [0.15, 0.2) is 70.9 Å². The van der Waals surface area contributed by atoms with Crippen LogP contribution in [0.4, 0.5) is 5.69 Å². The Bertz CT molecular complexity index is 1250. The number of piperazine rings is 1. The third-order valence-electron chi connectivity index (χ3n) is 6.25. The average molecular weight is 521 g/mol. The van der Waals surface area contributed by atoms with Gasteiger partial charge in [0.2, 0.25) is 5.78 Å². The van der Waals surface area contributed by atoms with Crippen LogP contribution in [0.25, 0.3) is 6.08 Å². The fourth-order valence-corrected chi connectivity index (χ4v) is 4.80. The number of nitrogens with zero attached hydrogens (tertiary/aromatic N) is 2. The number of ether oxygens (including phenoxy) is 2. The lowest BCUT2D eigenvalue weighted by atomic mass is 10.0. The number of rotatable bonds is 5. The molecular formula is C27H25BrN2O4. The number of carbonyl (C=O) groups excluding carboxylic acids is 1. The summed E-state index contributed by atoms with van der Waals surface area (Å²) in [6, 6.07) is 19.0. The lowest BCUT2D eigenvalue weighted by Crippen LogP contribution is -2.46. The zero-order valence-corrected chi connectivity index (χ0v) is 20.4. The molecule has 0 spiro atoms. The van der Waals surface area contributed by atoms with Gasteiger partial charge in [-0.1, -0.05) is 28.1 Å². The molecule has 34 heavy (non-hydrogen) atoms. The molecule has 174 valence electrons. The van der Waals surface area contributed by atoms with Gasteiger partial charge in [0.05, 0.1) is 18.2 Å². The first-order valence-electron chi connectivity index (χ1n) is 11.2. The van der Waals surface area contributed by atoms with E-state index in [9.17, 15) is 9.90 Å². The van der Waals surface area contributed by atoms with Crippen LogP contribution in [-0.4, -0.2) is 49.1 Å². The van der Waals surface area contributed by atoms with E-state index in [0.29, 0.717) is 23.4 Å². The largest absolute Gasteiger partial charge is 0.507 e. The van der Waals surface area contributed by atoms with Gasteiger partial charge in [0.25, 0.3) is 0 Å². The number of anilines is 1. The highest BCUT2D eigenvalue weighted by Crippen LogP contribution is 2.40. The van der Waals surface area contributed by atoms with Crippen molar-refractivity contribution >= 4 is 33.5 Å². The number of methoxy groups -OCH3 is 1. The van der Waals surface area contributed by atoms with E-state index < -0.39 is 0 Å². The van der Waals surface area contributed by atoms with Crippen LogP contribution < -0.4 is 14.4 Å². The van der Waals surface area contributed by atoms with Gasteiger partial charge < -0.3 is 19.5 Å². The van der Waals surface area contributed by atoms with E-state index in [4.69, 9.17) is 9.47 Å². The van der Waals surface area contributed by atoms with Crippen molar-refractivity contribution in [2.75, 3.05) is 38.2 Å². The molecule has 6 nitrogen and oxygen atoms in total. The molecule has 0 saturated carbocycles. The van der Waals surface area contributed by atoms with Gasteiger partial charge in [0.15, 0.2) is 5.76 Å². The van der Waals surface area contributed by atoms with Crippen LogP contribution in [0.3, 0.4) is 0 Å². The Morgan fingerprint density at radius 2 is 1.82 bits per heavy atom. The summed E-state index contributed by atoms with van der Waals surface area (Å²) in [7, 11) is 1.67. The first-order chi connectivity index (χ1) is 16.5. The van der Waals surface area contributed by atoms with Gasteiger partial charge in [-0.05, 0) is 60.2 Å². The van der Waals surface area contributed by atoms with Gasteiger partial charge in [-0.25, -0.2) is 0 Å². The van der Waals surface area contributed by atoms with Gasteiger partial charge in [0.1, 0.15) is 17.2 Å². The zero-order chi connectivity index (χ0) is 23.7. The molecular weight excluding hydrogens is 496 g/mol. The highest BCUT2D eigenvalue weighted by atomic mass is 79.9. The molecule has 1 N–H and O–H groups in total. The molecule has 7 heteroatoms. The molecule has 2 heterocycles. The SMILES string of the molecule is COc1ccc(N2CCN(Cc3c(O)ccc4c3O/C(=C\c3cccc(Br)c3)C4=O)CC2)cc1. The maximum atomic E-state index is 13.0. The lowest BCUT2D eigenvalue weighted by molar-refractivity contribution is 0.101. The Hall–Kier alpha value is -3.29. The second-order valence-electron chi connectivity index (χ2n) is 8.40. The van der Waals surface area contributed by atoms with Crippen molar-refractivity contribution in [1.82, 2.24) is 4.90 Å². The first-order valence-corrected chi connectivity index (χ1v) is 12.0. The fraction of sp³-hybridized carbons (Fsp3) is 0.222. The standard InChI is InChI=1S/C27H25BrN2O4/c1-33-21-7-5-20(6-8-21)30-13-11-29(12-14-30)17-23-24(31)10-9-22-26(32)25(34-27(22)23)16-18-3-2-4-19(28)15-18/h2-10,15-16,31H,11-14,17H2,1H3/b25-16-. The minimum Gasteiger partial charge on any atom is -0.507 e. The van der Waals surface area contributed by atoms with Crippen molar-refractivity contribution in [1.29, 1.82) is 0 Å². The predicted molar refractivity (Wildman–Crippen MR) is 136 cm³/mol. The molecule has 0 bridgehead atoms. The highest BCUT2D eigenvalue weighted by Gasteiger charge is 2.32. The summed E-state index contributed by atoms with van der Waals surface area (Å²) in [4.78, 5) is 17.6. The number of hydrogen-bond acceptors (Lipinski definition) is 6. The molecule has 1 saturated heterocycles. The van der Waals surface area contributed by atoms with E-state index in [1.54, 1.807) is 25.3 Å². The molecule has 2 aliphatic heterocycles. The van der Waals surface area contributed by atoms with Crippen LogP contribution in [0.5, 0.6) is 17.2 Å². The maximum absolute atomic E-state index is 13.0. The summed E-state index contributed by atoms with van der Waals surface area (Å²) < 4.78 is 12.2. The third-order valence-corrected chi connectivity index (χ3v) is 6.75. The van der Waals surface area contributed by atoms with Crippen LogP contribution in [0.2, 0.25) is 0 Å². The molecule has 0 aliphatic carbocycles. The molecule has 2 aliphatic rings. The molecule has 0 unspecified atom stereocenters. The lowest BCUT2D eigenvalue weighted by Gasteiger charge is -2.36. The predicted octanol–water partition coefficient (Wildman–Crippen LogP) is 5.10. The topological polar surface area (TPSA) is 62.2 Å². The number of phenols is 1. The van der Waals surface area contributed by atoms with Gasteiger partial charge in [0, 0.05) is 42.9 Å². The number of phenolic OH excluding ortho intramolecular Hbond substituents is 1. The molecule has 0 atom stereocenters. The minimum atomic E-state index is -0.166. The average Bonchev–Trinajstić information content (AvgIpc) is 3.16. The number of ketones is 1. The van der Waals surface area contributed by atoms with Crippen LogP contribution >= 0.6 is 15.9 Å². The number of allylic oxidation sites excluding steroid dienone is 1. The smallest absolute Gasteiger partial charge is 0.231 e. The summed E-state index contributed by atoms with van der Waals surface area (Å²) in [6.45, 7) is 3.93. The zero-order valence-electron chi connectivity index (χ0n) is 18.8. The van der Waals surface area contributed by atoms with E-state index in [1.165, 1.54) is 5.69 Å². The number of carbonyl (C=O) groups is 1. The van der Waals surface area contributed by atoms with E-state index in [1.807, 2.05) is 36.4 Å². The summed E-state index contributed by atoms with van der Waals surface area (Å²) >= 11 is 3.45. The quantitative estimate of drug-likeness (QED) is 0.472. The van der Waals surface area contributed by atoms with E-state index in [-0.39, 0.29) is 17.3 Å². The number of benzene rings is 3. The summed E-state index contributed by atoms with van der Waals surface area (Å²) in [6.07, 6.45) is 1.74. The van der Waals surface area contributed by atoms with Crippen LogP contribution in [0.1, 0.15) is 21.5 Å². The fourth-order valence-electron chi connectivity index (χ4n) is 4.38. The van der Waals surface area contributed by atoms with Crippen molar-refractivity contribution in [3.05, 3.63) is 87.6 Å². The molecule has 3 aromatic rings. The van der Waals surface area contributed by atoms with Crippen molar-refractivity contribution in [3.63, 3.8) is 0 Å².